The van der Waals surface area contributed by atoms with E-state index in [4.69, 9.17) is 5.11 Å². The van der Waals surface area contributed by atoms with Crippen molar-refractivity contribution in [3.05, 3.63) is 66.6 Å². The van der Waals surface area contributed by atoms with Crippen LogP contribution in [0.4, 0.5) is 0 Å². The van der Waals surface area contributed by atoms with Gasteiger partial charge >= 0.3 is 94.0 Å². The summed E-state index contributed by atoms with van der Waals surface area (Å²) in [7, 11) is 0. The first-order valence-corrected chi connectivity index (χ1v) is 8.47. The van der Waals surface area contributed by atoms with Gasteiger partial charge in [0.15, 0.2) is 5.78 Å². The van der Waals surface area contributed by atoms with Crippen LogP contribution in [-0.2, 0) is 25.9 Å². The van der Waals surface area contributed by atoms with Crippen molar-refractivity contribution in [2.75, 3.05) is 0 Å². The van der Waals surface area contributed by atoms with Crippen LogP contribution in [-0.4, -0.2) is 30.4 Å². The van der Waals surface area contributed by atoms with Gasteiger partial charge in [-0.15, -0.1) is 0 Å². The summed E-state index contributed by atoms with van der Waals surface area (Å²) in [6.45, 7) is 2.85. The number of aromatic nitrogens is 1. The molecular weight excluding hydrogens is 536 g/mol. The second kappa shape index (κ2) is 9.62. The number of allylic oxidation sites excluding steroid dienone is 2. The summed E-state index contributed by atoms with van der Waals surface area (Å²) in [5.74, 6) is -0.0625. The van der Waals surface area contributed by atoms with Gasteiger partial charge in [-0.05, 0) is 13.8 Å². The van der Waals surface area contributed by atoms with Crippen molar-refractivity contribution in [2.45, 2.75) is 13.8 Å². The van der Waals surface area contributed by atoms with Gasteiger partial charge in [0.1, 0.15) is 0 Å². The fraction of sp³-hybridized carbons (Fsp3) is 0.111. The van der Waals surface area contributed by atoms with Crippen molar-refractivity contribution < 1.29 is 31.0 Å². The number of aliphatic hydroxyl groups is 1. The van der Waals surface area contributed by atoms with Gasteiger partial charge in [-0.2, -0.15) is 0 Å². The number of rotatable bonds is 2. The standard InChI is InChI=1S/C13H8NSe.C5H8O2.Pt/c1-2-7-12-10(5-1)9-13(15-12)11-6-3-4-8-14-11;1-4(6)3-5(2)7;/h1-8H;3,6H,1-2H3;/q-1;;/b;4-3-;. The Morgan fingerprint density at radius 2 is 1.87 bits per heavy atom. The molecule has 3 nitrogen and oxygen atoms in total. The van der Waals surface area contributed by atoms with E-state index in [1.165, 1.54) is 34.0 Å². The molecule has 0 fully saturated rings. The maximum absolute atomic E-state index is 10.0. The summed E-state index contributed by atoms with van der Waals surface area (Å²) >= 11 is 0.366. The zero-order chi connectivity index (χ0) is 15.9. The number of nitrogens with zero attached hydrogens (tertiary/aromatic N) is 1. The van der Waals surface area contributed by atoms with E-state index in [1.807, 2.05) is 18.3 Å². The second-order valence-electron chi connectivity index (χ2n) is 4.66. The molecule has 2 heterocycles. The molecule has 5 heteroatoms. The molecule has 0 saturated heterocycles. The Hall–Kier alpha value is -1.47. The molecule has 3 rings (SSSR count). The second-order valence-corrected chi connectivity index (χ2v) is 6.87. The number of carbonyl (C=O) groups excluding carboxylic acids is 1. The zero-order valence-electron chi connectivity index (χ0n) is 12.7. The predicted molar refractivity (Wildman–Crippen MR) is 90.0 cm³/mol. The number of carbonyl (C=O) groups is 1. The molecule has 0 spiro atoms. The number of hydrogen-bond acceptors (Lipinski definition) is 3. The number of benzene rings is 1. The molecule has 122 valence electrons. The molecule has 23 heavy (non-hydrogen) atoms. The Labute approximate surface area is 156 Å². The first-order valence-electron chi connectivity index (χ1n) is 6.76. The number of pyridine rings is 1. The molecule has 0 saturated carbocycles. The van der Waals surface area contributed by atoms with Crippen molar-refractivity contribution in [1.29, 1.82) is 0 Å². The topological polar surface area (TPSA) is 50.2 Å². The van der Waals surface area contributed by atoms with E-state index in [2.05, 4.69) is 41.4 Å². The van der Waals surface area contributed by atoms with E-state index in [1.54, 1.807) is 0 Å². The Morgan fingerprint density at radius 3 is 2.39 bits per heavy atom. The van der Waals surface area contributed by atoms with Crippen molar-refractivity contribution in [1.82, 2.24) is 4.98 Å². The molecule has 0 aliphatic heterocycles. The van der Waals surface area contributed by atoms with Crippen LogP contribution in [0.15, 0.2) is 60.5 Å². The summed E-state index contributed by atoms with van der Waals surface area (Å²) in [6, 6.07) is 17.9. The van der Waals surface area contributed by atoms with Crippen LogP contribution in [0.25, 0.3) is 19.8 Å². The van der Waals surface area contributed by atoms with Crippen LogP contribution in [0.5, 0.6) is 0 Å². The number of fused-ring (bicyclic) bond motifs is 1. The molecule has 0 amide bonds. The van der Waals surface area contributed by atoms with Crippen LogP contribution < -0.4 is 0 Å². The Bertz CT molecular complexity index is 760. The van der Waals surface area contributed by atoms with Gasteiger partial charge in [0, 0.05) is 27.1 Å². The van der Waals surface area contributed by atoms with Crippen LogP contribution in [0.1, 0.15) is 13.8 Å². The quantitative estimate of drug-likeness (QED) is 0.228. The van der Waals surface area contributed by atoms with E-state index in [0.29, 0.717) is 14.5 Å². The molecule has 0 aliphatic carbocycles. The van der Waals surface area contributed by atoms with Gasteiger partial charge in [-0.3, -0.25) is 4.79 Å². The van der Waals surface area contributed by atoms with Gasteiger partial charge in [-0.1, -0.05) is 0 Å². The first-order chi connectivity index (χ1) is 10.6. The summed E-state index contributed by atoms with van der Waals surface area (Å²) in [5, 5.41) is 9.60. The number of aliphatic hydroxyl groups excluding tert-OH is 1. The fourth-order valence-electron chi connectivity index (χ4n) is 1.82. The molecule has 0 radical (unpaired) electrons. The summed E-state index contributed by atoms with van der Waals surface area (Å²) in [6.07, 6.45) is 3.00. The van der Waals surface area contributed by atoms with E-state index >= 15 is 0 Å². The molecule has 2 aromatic heterocycles. The van der Waals surface area contributed by atoms with Gasteiger partial charge in [0.2, 0.25) is 0 Å². The minimum atomic E-state index is -0.125. The molecule has 0 aliphatic rings. The fourth-order valence-corrected chi connectivity index (χ4v) is 3.88. The average Bonchev–Trinajstić information content (AvgIpc) is 2.91. The van der Waals surface area contributed by atoms with E-state index in [-0.39, 0.29) is 32.6 Å². The monoisotopic (exact) mass is 553 g/mol. The third-order valence-corrected chi connectivity index (χ3v) is 4.95. The predicted octanol–water partition coefficient (Wildman–Crippen LogP) is 3.79. The van der Waals surface area contributed by atoms with Crippen LogP contribution in [0.3, 0.4) is 0 Å². The first kappa shape index (κ1) is 19.6. The number of hydrogen-bond donors (Lipinski definition) is 1. The normalized spacial score (nSPS) is 10.4. The van der Waals surface area contributed by atoms with Gasteiger partial charge < -0.3 is 5.11 Å². The van der Waals surface area contributed by atoms with E-state index < -0.39 is 0 Å². The maximum atomic E-state index is 10.0. The summed E-state index contributed by atoms with van der Waals surface area (Å²) in [5.41, 5.74) is 1.06. The van der Waals surface area contributed by atoms with Crippen molar-refractivity contribution in [2.24, 2.45) is 0 Å². The van der Waals surface area contributed by atoms with Gasteiger partial charge in [0.25, 0.3) is 0 Å². The SMILES string of the molecule is CC(=O)/C=C(/C)O.[Pt].[c-]1c(-c2ccccn2)[se]c2ccccc12. The van der Waals surface area contributed by atoms with Crippen molar-refractivity contribution in [3.8, 4) is 10.1 Å². The molecule has 0 bridgehead atoms. The van der Waals surface area contributed by atoms with Crippen LogP contribution in [0, 0.1) is 6.07 Å². The molecule has 1 aromatic carbocycles. The Morgan fingerprint density at radius 1 is 1.17 bits per heavy atom. The third kappa shape index (κ3) is 6.27. The van der Waals surface area contributed by atoms with Gasteiger partial charge in [-0.25, -0.2) is 0 Å². The minimum absolute atomic E-state index is 0. The molecule has 1 N–H and O–H groups in total. The summed E-state index contributed by atoms with van der Waals surface area (Å²) < 4.78 is 2.66. The number of ketones is 1. The molecule has 0 unspecified atom stereocenters. The van der Waals surface area contributed by atoms with Crippen LogP contribution in [0.2, 0.25) is 0 Å². The van der Waals surface area contributed by atoms with Crippen LogP contribution >= 0.6 is 0 Å². The molecule has 0 atom stereocenters. The Balaban J connectivity index is 0.000000287. The zero-order valence-corrected chi connectivity index (χ0v) is 16.7. The van der Waals surface area contributed by atoms with E-state index in [9.17, 15) is 4.79 Å². The average molecular weight is 552 g/mol. The van der Waals surface area contributed by atoms with E-state index in [0.717, 1.165) is 5.69 Å². The van der Waals surface area contributed by atoms with Crippen molar-refractivity contribution >= 4 is 29.9 Å². The Kier molecular flexibility index (Phi) is 8.19. The third-order valence-electron chi connectivity index (χ3n) is 2.66. The molecule has 3 aromatic rings. The summed E-state index contributed by atoms with van der Waals surface area (Å²) in [4.78, 5) is 14.4. The van der Waals surface area contributed by atoms with Crippen molar-refractivity contribution in [3.63, 3.8) is 0 Å². The van der Waals surface area contributed by atoms with Gasteiger partial charge in [0.05, 0.1) is 5.76 Å². The molecular formula is C18H16NO2PtSe-.